The largest absolute Gasteiger partial charge is 0.478 e. The summed E-state index contributed by atoms with van der Waals surface area (Å²) in [4.78, 5) is 26.0. The summed E-state index contributed by atoms with van der Waals surface area (Å²) >= 11 is 0. The zero-order valence-electron chi connectivity index (χ0n) is 11.3. The molecule has 1 unspecified atom stereocenters. The minimum absolute atomic E-state index is 0.159. The molecule has 2 rings (SSSR count). The Morgan fingerprint density at radius 2 is 2.05 bits per heavy atom. The molecule has 0 aliphatic carbocycles. The quantitative estimate of drug-likeness (QED) is 0.887. The van der Waals surface area contributed by atoms with Gasteiger partial charge in [-0.3, -0.25) is 4.57 Å². The molecule has 0 saturated heterocycles. The number of nitrogens with one attached hydrogen (secondary N) is 1. The van der Waals surface area contributed by atoms with E-state index in [1.807, 2.05) is 0 Å². The third-order valence-corrected chi connectivity index (χ3v) is 3.63. The summed E-state index contributed by atoms with van der Waals surface area (Å²) in [6.07, 6.45) is 0. The van der Waals surface area contributed by atoms with Crippen molar-refractivity contribution in [3.8, 4) is 0 Å². The molecule has 0 fully saturated rings. The van der Waals surface area contributed by atoms with Gasteiger partial charge in [0.2, 0.25) is 0 Å². The fourth-order valence-corrected chi connectivity index (χ4v) is 2.06. The molecule has 0 aliphatic rings. The second-order valence-corrected chi connectivity index (χ2v) is 5.27. The highest BCUT2D eigenvalue weighted by Crippen LogP contribution is 2.19. The van der Waals surface area contributed by atoms with Gasteiger partial charge in [0.1, 0.15) is 0 Å². The first-order chi connectivity index (χ1) is 8.91. The van der Waals surface area contributed by atoms with Crippen LogP contribution in [0.1, 0.15) is 31.1 Å². The van der Waals surface area contributed by atoms with Crippen molar-refractivity contribution < 1.29 is 9.90 Å². The number of H-pyrrole nitrogens is 1. The van der Waals surface area contributed by atoms with Gasteiger partial charge in [0, 0.05) is 6.54 Å². The zero-order valence-corrected chi connectivity index (χ0v) is 11.3. The number of para-hydroxylation sites is 1. The lowest BCUT2D eigenvalue weighted by Gasteiger charge is -2.16. The molecule has 19 heavy (non-hydrogen) atoms. The predicted octanol–water partition coefficient (Wildman–Crippen LogP) is 2.32. The van der Waals surface area contributed by atoms with E-state index in [9.17, 15) is 14.7 Å². The van der Waals surface area contributed by atoms with Crippen LogP contribution in [0.15, 0.2) is 23.0 Å². The van der Waals surface area contributed by atoms with E-state index in [1.54, 1.807) is 12.1 Å². The number of aromatic amines is 1. The topological polar surface area (TPSA) is 75.1 Å². The highest BCUT2D eigenvalue weighted by atomic mass is 16.4. The summed E-state index contributed by atoms with van der Waals surface area (Å²) in [5.74, 6) is -0.303. The van der Waals surface area contributed by atoms with Crippen molar-refractivity contribution in [2.75, 3.05) is 0 Å². The van der Waals surface area contributed by atoms with Crippen LogP contribution in [0.3, 0.4) is 0 Å². The van der Waals surface area contributed by atoms with Crippen molar-refractivity contribution in [2.24, 2.45) is 11.8 Å². The number of benzene rings is 1. The number of hydrogen-bond donors (Lipinski definition) is 2. The molecule has 0 spiro atoms. The van der Waals surface area contributed by atoms with Crippen LogP contribution in [0, 0.1) is 11.8 Å². The lowest BCUT2D eigenvalue weighted by Crippen LogP contribution is -2.23. The van der Waals surface area contributed by atoms with E-state index in [-0.39, 0.29) is 11.3 Å². The van der Waals surface area contributed by atoms with Crippen molar-refractivity contribution in [2.45, 2.75) is 27.3 Å². The number of nitrogens with zero attached hydrogens (tertiary/aromatic N) is 1. The summed E-state index contributed by atoms with van der Waals surface area (Å²) in [6, 6.07) is 4.88. The first-order valence-corrected chi connectivity index (χ1v) is 6.36. The number of carbonyl (C=O) groups is 1. The Balaban J connectivity index is 2.63. The number of rotatable bonds is 4. The molecule has 0 radical (unpaired) electrons. The van der Waals surface area contributed by atoms with Crippen LogP contribution < -0.4 is 5.69 Å². The number of aromatic carboxylic acids is 1. The van der Waals surface area contributed by atoms with Crippen LogP contribution in [0.4, 0.5) is 0 Å². The van der Waals surface area contributed by atoms with Crippen LogP contribution in [-0.2, 0) is 6.54 Å². The molecule has 5 nitrogen and oxygen atoms in total. The Hall–Kier alpha value is -2.04. The van der Waals surface area contributed by atoms with Gasteiger partial charge >= 0.3 is 11.7 Å². The standard InChI is InChI=1S/C14H18N2O3/c1-8(2)9(3)7-16-12-10(13(17)18)5-4-6-11(12)15-14(16)19/h4-6,8-9H,7H2,1-3H3,(H,15,19)(H,17,18). The predicted molar refractivity (Wildman–Crippen MR) is 73.5 cm³/mol. The van der Waals surface area contributed by atoms with Gasteiger partial charge < -0.3 is 10.1 Å². The molecule has 1 aromatic heterocycles. The molecule has 0 bridgehead atoms. The number of fused-ring (bicyclic) bond motifs is 1. The summed E-state index contributed by atoms with van der Waals surface area (Å²) in [7, 11) is 0. The molecule has 1 heterocycles. The molecule has 0 amide bonds. The summed E-state index contributed by atoms with van der Waals surface area (Å²) in [6.45, 7) is 6.74. The van der Waals surface area contributed by atoms with E-state index >= 15 is 0 Å². The maximum atomic E-state index is 12.0. The van der Waals surface area contributed by atoms with E-state index < -0.39 is 5.97 Å². The van der Waals surface area contributed by atoms with Gasteiger partial charge in [0.05, 0.1) is 16.6 Å². The number of imidazole rings is 1. The van der Waals surface area contributed by atoms with Crippen LogP contribution in [0.2, 0.25) is 0 Å². The lowest BCUT2D eigenvalue weighted by molar-refractivity contribution is 0.0698. The fourth-order valence-electron chi connectivity index (χ4n) is 2.06. The maximum Gasteiger partial charge on any atom is 0.337 e. The Kier molecular flexibility index (Phi) is 3.46. The molecular weight excluding hydrogens is 244 g/mol. The SMILES string of the molecule is CC(C)C(C)Cn1c(=O)[nH]c2cccc(C(=O)O)c21. The molecule has 1 atom stereocenters. The van der Waals surface area contributed by atoms with Gasteiger partial charge in [-0.15, -0.1) is 0 Å². The Labute approximate surface area is 110 Å². The zero-order chi connectivity index (χ0) is 14.2. The van der Waals surface area contributed by atoms with Crippen LogP contribution in [0.5, 0.6) is 0 Å². The highest BCUT2D eigenvalue weighted by Gasteiger charge is 2.17. The molecule has 102 valence electrons. The summed E-state index contributed by atoms with van der Waals surface area (Å²) in [5.41, 5.74) is 0.955. The van der Waals surface area contributed by atoms with Crippen molar-refractivity contribution in [1.82, 2.24) is 9.55 Å². The highest BCUT2D eigenvalue weighted by molar-refractivity contribution is 6.01. The Morgan fingerprint density at radius 1 is 1.37 bits per heavy atom. The van der Waals surface area contributed by atoms with Crippen LogP contribution >= 0.6 is 0 Å². The van der Waals surface area contributed by atoms with Crippen LogP contribution in [0.25, 0.3) is 11.0 Å². The molecule has 2 N–H and O–H groups in total. The van der Waals surface area contributed by atoms with Gasteiger partial charge in [-0.05, 0) is 24.0 Å². The first kappa shape index (κ1) is 13.4. The van der Waals surface area contributed by atoms with Gasteiger partial charge in [-0.25, -0.2) is 9.59 Å². The average Bonchev–Trinajstić information content (AvgIpc) is 2.65. The van der Waals surface area contributed by atoms with E-state index in [1.165, 1.54) is 10.6 Å². The van der Waals surface area contributed by atoms with Gasteiger partial charge in [0.15, 0.2) is 0 Å². The van der Waals surface area contributed by atoms with Crippen molar-refractivity contribution >= 4 is 17.0 Å². The number of carboxylic acid groups (broad SMARTS) is 1. The Bertz CT molecular complexity index is 667. The van der Waals surface area contributed by atoms with E-state index in [2.05, 4.69) is 25.8 Å². The average molecular weight is 262 g/mol. The molecular formula is C14H18N2O3. The molecule has 2 aromatic rings. The lowest BCUT2D eigenvalue weighted by atomic mass is 9.98. The monoisotopic (exact) mass is 262 g/mol. The van der Waals surface area contributed by atoms with Crippen molar-refractivity contribution in [3.63, 3.8) is 0 Å². The molecule has 5 heteroatoms. The smallest absolute Gasteiger partial charge is 0.337 e. The van der Waals surface area contributed by atoms with E-state index in [0.29, 0.717) is 29.4 Å². The molecule has 0 aliphatic heterocycles. The van der Waals surface area contributed by atoms with Crippen molar-refractivity contribution in [1.29, 1.82) is 0 Å². The third-order valence-electron chi connectivity index (χ3n) is 3.63. The number of aromatic nitrogens is 2. The van der Waals surface area contributed by atoms with Crippen LogP contribution in [-0.4, -0.2) is 20.6 Å². The Morgan fingerprint density at radius 3 is 2.63 bits per heavy atom. The fraction of sp³-hybridized carbons (Fsp3) is 0.429. The van der Waals surface area contributed by atoms with E-state index in [4.69, 9.17) is 0 Å². The van der Waals surface area contributed by atoms with Crippen molar-refractivity contribution in [3.05, 3.63) is 34.2 Å². The normalized spacial score (nSPS) is 13.1. The maximum absolute atomic E-state index is 12.0. The van der Waals surface area contributed by atoms with E-state index in [0.717, 1.165) is 0 Å². The minimum Gasteiger partial charge on any atom is -0.478 e. The summed E-state index contributed by atoms with van der Waals surface area (Å²) < 4.78 is 1.53. The van der Waals surface area contributed by atoms with Gasteiger partial charge in [-0.2, -0.15) is 0 Å². The second-order valence-electron chi connectivity index (χ2n) is 5.27. The number of hydrogen-bond acceptors (Lipinski definition) is 2. The van der Waals surface area contributed by atoms with Gasteiger partial charge in [-0.1, -0.05) is 26.8 Å². The molecule has 1 aromatic carbocycles. The number of carboxylic acids is 1. The minimum atomic E-state index is -1.02. The molecule has 0 saturated carbocycles. The third kappa shape index (κ3) is 2.41. The van der Waals surface area contributed by atoms with Gasteiger partial charge in [0.25, 0.3) is 0 Å². The first-order valence-electron chi connectivity index (χ1n) is 6.36. The summed E-state index contributed by atoms with van der Waals surface area (Å²) in [5, 5.41) is 9.23. The second kappa shape index (κ2) is 4.91.